The molecule has 6 nitrogen and oxygen atoms in total. The number of carbonyl (C=O) groups is 2. The Kier molecular flexibility index (Phi) is 3.86. The molecule has 2 fully saturated rings. The molecule has 2 aliphatic carbocycles. The van der Waals surface area contributed by atoms with E-state index in [0.29, 0.717) is 11.7 Å². The molecule has 3 N–H and O–H groups in total. The molecule has 0 spiro atoms. The maximum atomic E-state index is 11.8. The first kappa shape index (κ1) is 14.0. The first-order valence-electron chi connectivity index (χ1n) is 7.47. The lowest BCUT2D eigenvalue weighted by Gasteiger charge is -2.16. The minimum absolute atomic E-state index is 0.116. The van der Waals surface area contributed by atoms with Gasteiger partial charge in [-0.25, -0.2) is 9.59 Å². The molecule has 1 aromatic rings. The molecule has 0 atom stereocenters. The lowest BCUT2D eigenvalue weighted by Crippen LogP contribution is -2.38. The second kappa shape index (κ2) is 5.79. The summed E-state index contributed by atoms with van der Waals surface area (Å²) in [4.78, 5) is 22.4. The van der Waals surface area contributed by atoms with Gasteiger partial charge in [-0.3, -0.25) is 0 Å². The highest BCUT2D eigenvalue weighted by atomic mass is 16.4. The highest BCUT2D eigenvalue weighted by Gasteiger charge is 2.41. The third-order valence-electron chi connectivity index (χ3n) is 4.25. The number of urea groups is 1. The summed E-state index contributed by atoms with van der Waals surface area (Å²) in [6, 6.07) is 2.71. The number of rotatable bonds is 7. The van der Waals surface area contributed by atoms with Gasteiger partial charge in [0, 0.05) is 6.54 Å². The van der Waals surface area contributed by atoms with Crippen molar-refractivity contribution in [1.82, 2.24) is 10.6 Å². The molecule has 1 heterocycles. The van der Waals surface area contributed by atoms with E-state index in [1.165, 1.54) is 31.7 Å². The van der Waals surface area contributed by atoms with Crippen LogP contribution in [0.5, 0.6) is 0 Å². The number of amides is 2. The fourth-order valence-corrected chi connectivity index (χ4v) is 2.80. The van der Waals surface area contributed by atoms with E-state index < -0.39 is 5.97 Å². The number of carboxylic acids is 1. The quantitative estimate of drug-likeness (QED) is 0.718. The number of nitrogens with one attached hydrogen (secondary N) is 2. The van der Waals surface area contributed by atoms with Crippen LogP contribution in [0.25, 0.3) is 0 Å². The minimum atomic E-state index is -1.11. The van der Waals surface area contributed by atoms with Crippen LogP contribution in [0.15, 0.2) is 16.5 Å². The fraction of sp³-hybridized carbons (Fsp3) is 0.600. The molecule has 21 heavy (non-hydrogen) atoms. The average Bonchev–Trinajstić information content (AvgIpc) is 3.37. The van der Waals surface area contributed by atoms with Gasteiger partial charge in [-0.2, -0.15) is 0 Å². The molecule has 0 bridgehead atoms. The predicted molar refractivity (Wildman–Crippen MR) is 74.8 cm³/mol. The van der Waals surface area contributed by atoms with E-state index in [9.17, 15) is 9.59 Å². The largest absolute Gasteiger partial charge is 0.475 e. The van der Waals surface area contributed by atoms with Crippen LogP contribution in [-0.2, 0) is 6.54 Å². The van der Waals surface area contributed by atoms with Gasteiger partial charge in [-0.05, 0) is 55.6 Å². The Morgan fingerprint density at radius 1 is 1.19 bits per heavy atom. The van der Waals surface area contributed by atoms with Crippen molar-refractivity contribution in [2.45, 2.75) is 32.2 Å². The van der Waals surface area contributed by atoms with E-state index in [0.717, 1.165) is 18.4 Å². The summed E-state index contributed by atoms with van der Waals surface area (Å²) in [7, 11) is 0. The highest BCUT2D eigenvalue weighted by Crippen LogP contribution is 2.48. The molecule has 0 aromatic carbocycles. The van der Waals surface area contributed by atoms with E-state index in [1.807, 2.05) is 0 Å². The second-order valence-electron chi connectivity index (χ2n) is 5.97. The van der Waals surface area contributed by atoms with Crippen molar-refractivity contribution < 1.29 is 19.1 Å². The summed E-state index contributed by atoms with van der Waals surface area (Å²) in [6.45, 7) is 0.927. The van der Waals surface area contributed by atoms with Crippen molar-refractivity contribution in [1.29, 1.82) is 0 Å². The van der Waals surface area contributed by atoms with Crippen molar-refractivity contribution in [2.24, 2.45) is 17.8 Å². The van der Waals surface area contributed by atoms with Gasteiger partial charge in [-0.15, -0.1) is 0 Å². The van der Waals surface area contributed by atoms with Crippen LogP contribution in [-0.4, -0.2) is 23.7 Å². The third kappa shape index (κ3) is 3.77. The monoisotopic (exact) mass is 292 g/mol. The van der Waals surface area contributed by atoms with E-state index in [-0.39, 0.29) is 18.3 Å². The zero-order valence-electron chi connectivity index (χ0n) is 11.8. The Labute approximate surface area is 122 Å². The van der Waals surface area contributed by atoms with Gasteiger partial charge in [0.25, 0.3) is 0 Å². The number of aromatic carboxylic acids is 1. The van der Waals surface area contributed by atoms with Crippen molar-refractivity contribution in [3.05, 3.63) is 23.7 Å². The average molecular weight is 292 g/mol. The van der Waals surface area contributed by atoms with Gasteiger partial charge in [-0.1, -0.05) is 0 Å². The van der Waals surface area contributed by atoms with Crippen LogP contribution < -0.4 is 10.6 Å². The van der Waals surface area contributed by atoms with Crippen LogP contribution in [0, 0.1) is 17.8 Å². The lowest BCUT2D eigenvalue weighted by molar-refractivity contribution is 0.0660. The highest BCUT2D eigenvalue weighted by molar-refractivity contribution is 5.84. The third-order valence-corrected chi connectivity index (χ3v) is 4.25. The molecule has 2 amide bonds. The maximum Gasteiger partial charge on any atom is 0.371 e. The summed E-state index contributed by atoms with van der Waals surface area (Å²) < 4.78 is 5.08. The Balaban J connectivity index is 1.40. The lowest BCUT2D eigenvalue weighted by atomic mass is 9.98. The fourth-order valence-electron chi connectivity index (χ4n) is 2.80. The number of hydrogen-bond donors (Lipinski definition) is 3. The van der Waals surface area contributed by atoms with Crippen molar-refractivity contribution in [3.8, 4) is 0 Å². The van der Waals surface area contributed by atoms with Gasteiger partial charge in [0.1, 0.15) is 5.76 Å². The van der Waals surface area contributed by atoms with Crippen LogP contribution in [0.2, 0.25) is 0 Å². The van der Waals surface area contributed by atoms with E-state index in [4.69, 9.17) is 9.52 Å². The normalized spacial score (nSPS) is 17.8. The van der Waals surface area contributed by atoms with Gasteiger partial charge >= 0.3 is 12.0 Å². The van der Waals surface area contributed by atoms with E-state index in [2.05, 4.69) is 10.6 Å². The molecule has 3 rings (SSSR count). The molecule has 0 saturated heterocycles. The van der Waals surface area contributed by atoms with Crippen LogP contribution in [0.3, 0.4) is 0 Å². The molecule has 114 valence electrons. The number of furan rings is 1. The first-order valence-corrected chi connectivity index (χ1v) is 7.47. The standard InChI is InChI=1S/C15H20N2O4/c18-14(19)13-6-5-11(21-13)7-16-15(20)17-8-12(9-1-2-9)10-3-4-10/h5-6,9-10,12H,1-4,7-8H2,(H,18,19)(H2,16,17,20). The number of hydrogen-bond acceptors (Lipinski definition) is 3. The zero-order chi connectivity index (χ0) is 14.8. The minimum Gasteiger partial charge on any atom is -0.475 e. The Morgan fingerprint density at radius 3 is 2.38 bits per heavy atom. The molecule has 0 radical (unpaired) electrons. The second-order valence-corrected chi connectivity index (χ2v) is 5.97. The summed E-state index contributed by atoms with van der Waals surface area (Å²) in [6.07, 6.45) is 5.20. The summed E-state index contributed by atoms with van der Waals surface area (Å²) in [5.41, 5.74) is 0. The van der Waals surface area contributed by atoms with Crippen LogP contribution >= 0.6 is 0 Å². The molecular formula is C15H20N2O4. The Bertz CT molecular complexity index is 520. The predicted octanol–water partition coefficient (Wildman–Crippen LogP) is 2.21. The van der Waals surface area contributed by atoms with E-state index >= 15 is 0 Å². The van der Waals surface area contributed by atoms with Gasteiger partial charge in [0.15, 0.2) is 0 Å². The topological polar surface area (TPSA) is 91.6 Å². The van der Waals surface area contributed by atoms with E-state index in [1.54, 1.807) is 6.07 Å². The van der Waals surface area contributed by atoms with Gasteiger partial charge in [0.2, 0.25) is 5.76 Å². The SMILES string of the molecule is O=C(NCc1ccc(C(=O)O)o1)NCC(C1CC1)C1CC1. The number of carboxylic acid groups (broad SMARTS) is 1. The molecule has 2 saturated carbocycles. The Hall–Kier alpha value is -1.98. The van der Waals surface area contributed by atoms with Gasteiger partial charge < -0.3 is 20.2 Å². The van der Waals surface area contributed by atoms with Gasteiger partial charge in [0.05, 0.1) is 6.54 Å². The maximum absolute atomic E-state index is 11.8. The summed E-state index contributed by atoms with van der Waals surface area (Å²) in [5, 5.41) is 14.3. The molecule has 0 aliphatic heterocycles. The van der Waals surface area contributed by atoms with Crippen molar-refractivity contribution in [2.75, 3.05) is 6.54 Å². The molecular weight excluding hydrogens is 272 g/mol. The first-order chi connectivity index (χ1) is 10.1. The van der Waals surface area contributed by atoms with Crippen LogP contribution in [0.4, 0.5) is 4.79 Å². The molecule has 1 aromatic heterocycles. The van der Waals surface area contributed by atoms with Crippen LogP contribution in [0.1, 0.15) is 42.0 Å². The van der Waals surface area contributed by atoms with Crippen molar-refractivity contribution >= 4 is 12.0 Å². The smallest absolute Gasteiger partial charge is 0.371 e. The number of carbonyl (C=O) groups excluding carboxylic acids is 1. The Morgan fingerprint density at radius 2 is 1.86 bits per heavy atom. The molecule has 2 aliphatic rings. The van der Waals surface area contributed by atoms with Crippen molar-refractivity contribution in [3.63, 3.8) is 0 Å². The summed E-state index contributed by atoms with van der Waals surface area (Å²) >= 11 is 0. The summed E-state index contributed by atoms with van der Waals surface area (Å²) in [5.74, 6) is 1.46. The zero-order valence-corrected chi connectivity index (χ0v) is 11.8. The molecule has 0 unspecified atom stereocenters. The molecule has 6 heteroatoms.